The molecule has 0 aliphatic rings. The minimum Gasteiger partial charge on any atom is -0.349 e. The first-order valence-electron chi connectivity index (χ1n) is 6.97. The van der Waals surface area contributed by atoms with Crippen LogP contribution in [0, 0.1) is 0 Å². The summed E-state index contributed by atoms with van der Waals surface area (Å²) in [5.74, 6) is 0.817. The van der Waals surface area contributed by atoms with Crippen LogP contribution in [0.25, 0.3) is 0 Å². The van der Waals surface area contributed by atoms with Crippen molar-refractivity contribution in [1.82, 2.24) is 20.5 Å². The summed E-state index contributed by atoms with van der Waals surface area (Å²) < 4.78 is 0. The van der Waals surface area contributed by atoms with Gasteiger partial charge >= 0.3 is 0 Å². The molecule has 5 nitrogen and oxygen atoms in total. The molecule has 0 radical (unpaired) electrons. The molecule has 0 fully saturated rings. The lowest BCUT2D eigenvalue weighted by atomic mass is 10.1. The van der Waals surface area contributed by atoms with Crippen LogP contribution >= 0.6 is 0 Å². The summed E-state index contributed by atoms with van der Waals surface area (Å²) >= 11 is 0. The Hall–Kier alpha value is -1.39. The summed E-state index contributed by atoms with van der Waals surface area (Å²) in [6.07, 6.45) is 8.09. The van der Waals surface area contributed by atoms with Gasteiger partial charge < -0.3 is 5.32 Å². The summed E-state index contributed by atoms with van der Waals surface area (Å²) in [7, 11) is 0. The fraction of sp³-hybridized carbons (Fsp3) is 0.769. The third-order valence-corrected chi connectivity index (χ3v) is 2.89. The fourth-order valence-electron chi connectivity index (χ4n) is 1.74. The van der Waals surface area contributed by atoms with Gasteiger partial charge in [0, 0.05) is 13.0 Å². The minimum absolute atomic E-state index is 0.181. The van der Waals surface area contributed by atoms with Crippen molar-refractivity contribution in [1.29, 1.82) is 0 Å². The molecule has 0 aliphatic heterocycles. The maximum Gasteiger partial charge on any atom is 0.290 e. The third kappa shape index (κ3) is 5.29. The van der Waals surface area contributed by atoms with E-state index < -0.39 is 0 Å². The quantitative estimate of drug-likeness (QED) is 0.663. The first-order valence-corrected chi connectivity index (χ1v) is 6.97. The molecule has 0 unspecified atom stereocenters. The maximum absolute atomic E-state index is 11.7. The number of H-pyrrole nitrogens is 1. The number of rotatable bonds is 9. The van der Waals surface area contributed by atoms with Crippen LogP contribution < -0.4 is 5.32 Å². The van der Waals surface area contributed by atoms with E-state index in [9.17, 15) is 4.79 Å². The lowest BCUT2D eigenvalue weighted by Gasteiger charge is -2.02. The van der Waals surface area contributed by atoms with Gasteiger partial charge in [-0.3, -0.25) is 9.89 Å². The van der Waals surface area contributed by atoms with E-state index in [4.69, 9.17) is 0 Å². The number of aromatic nitrogens is 3. The number of carbonyl (C=O) groups is 1. The number of unbranched alkanes of at least 4 members (excludes halogenated alkanes) is 5. The predicted octanol–water partition coefficient (Wildman–Crippen LogP) is 2.46. The highest BCUT2D eigenvalue weighted by Gasteiger charge is 2.10. The van der Waals surface area contributed by atoms with E-state index in [1.54, 1.807) is 0 Å². The maximum atomic E-state index is 11.7. The summed E-state index contributed by atoms with van der Waals surface area (Å²) in [6, 6.07) is 0. The van der Waals surface area contributed by atoms with Gasteiger partial charge in [0.25, 0.3) is 5.91 Å². The molecule has 1 amide bonds. The van der Waals surface area contributed by atoms with E-state index in [1.807, 2.05) is 6.92 Å². The summed E-state index contributed by atoms with van der Waals surface area (Å²) in [5.41, 5.74) is 0. The van der Waals surface area contributed by atoms with E-state index in [0.717, 1.165) is 18.7 Å². The molecule has 1 rings (SSSR count). The topological polar surface area (TPSA) is 70.7 Å². The average Bonchev–Trinajstić information content (AvgIpc) is 2.86. The second kappa shape index (κ2) is 8.66. The molecule has 0 spiro atoms. The van der Waals surface area contributed by atoms with E-state index in [0.29, 0.717) is 6.54 Å². The number of hydrogen-bond acceptors (Lipinski definition) is 3. The number of amides is 1. The second-order valence-electron chi connectivity index (χ2n) is 4.48. The van der Waals surface area contributed by atoms with Crippen molar-refractivity contribution >= 4 is 5.91 Å². The standard InChI is InChI=1S/C13H24N4O/c1-3-5-6-7-8-9-10-14-13(18)12-15-11(4-2)16-17-12/h3-10H2,1-2H3,(H,14,18)(H,15,16,17). The average molecular weight is 252 g/mol. The third-order valence-electron chi connectivity index (χ3n) is 2.89. The first kappa shape index (κ1) is 14.7. The van der Waals surface area contributed by atoms with Crippen LogP contribution in [-0.2, 0) is 6.42 Å². The zero-order chi connectivity index (χ0) is 13.2. The number of nitrogens with one attached hydrogen (secondary N) is 2. The van der Waals surface area contributed by atoms with Gasteiger partial charge in [0.1, 0.15) is 5.82 Å². The molecule has 1 aromatic rings. The summed E-state index contributed by atoms with van der Waals surface area (Å²) in [4.78, 5) is 15.7. The Morgan fingerprint density at radius 2 is 1.89 bits per heavy atom. The molecule has 1 aromatic heterocycles. The normalized spacial score (nSPS) is 10.6. The van der Waals surface area contributed by atoms with Gasteiger partial charge in [-0.2, -0.15) is 0 Å². The molecule has 0 aliphatic carbocycles. The van der Waals surface area contributed by atoms with Crippen molar-refractivity contribution in [3.8, 4) is 0 Å². The molecule has 102 valence electrons. The van der Waals surface area contributed by atoms with E-state index in [2.05, 4.69) is 27.4 Å². The number of nitrogens with zero attached hydrogens (tertiary/aromatic N) is 2. The van der Waals surface area contributed by atoms with Gasteiger partial charge in [-0.15, -0.1) is 5.10 Å². The molecular weight excluding hydrogens is 228 g/mol. The summed E-state index contributed by atoms with van der Waals surface area (Å²) in [5, 5.41) is 9.46. The first-order chi connectivity index (χ1) is 8.77. The van der Waals surface area contributed by atoms with Crippen LogP contribution in [0.4, 0.5) is 0 Å². The second-order valence-corrected chi connectivity index (χ2v) is 4.48. The van der Waals surface area contributed by atoms with Crippen LogP contribution in [0.3, 0.4) is 0 Å². The molecule has 1 heterocycles. The van der Waals surface area contributed by atoms with Crippen LogP contribution in [0.5, 0.6) is 0 Å². The van der Waals surface area contributed by atoms with Gasteiger partial charge in [-0.05, 0) is 6.42 Å². The Morgan fingerprint density at radius 3 is 2.56 bits per heavy atom. The molecule has 0 bridgehead atoms. The number of aryl methyl sites for hydroxylation is 1. The Balaban J connectivity index is 2.10. The minimum atomic E-state index is -0.181. The van der Waals surface area contributed by atoms with Crippen LogP contribution in [0.2, 0.25) is 0 Å². The Kier molecular flexibility index (Phi) is 7.06. The highest BCUT2D eigenvalue weighted by atomic mass is 16.2. The molecule has 0 saturated heterocycles. The summed E-state index contributed by atoms with van der Waals surface area (Å²) in [6.45, 7) is 4.89. The lowest BCUT2D eigenvalue weighted by molar-refractivity contribution is 0.0943. The number of hydrogen-bond donors (Lipinski definition) is 2. The monoisotopic (exact) mass is 252 g/mol. The van der Waals surface area contributed by atoms with Gasteiger partial charge in [-0.25, -0.2) is 4.98 Å². The Morgan fingerprint density at radius 1 is 1.17 bits per heavy atom. The predicted molar refractivity (Wildman–Crippen MR) is 71.5 cm³/mol. The SMILES string of the molecule is CCCCCCCCNC(=O)c1n[nH]c(CC)n1. The van der Waals surface area contributed by atoms with Crippen molar-refractivity contribution in [2.75, 3.05) is 6.54 Å². The van der Waals surface area contributed by atoms with Gasteiger partial charge in [0.2, 0.25) is 5.82 Å². The zero-order valence-electron chi connectivity index (χ0n) is 11.5. The smallest absolute Gasteiger partial charge is 0.290 e. The van der Waals surface area contributed by atoms with Crippen molar-refractivity contribution < 1.29 is 4.79 Å². The van der Waals surface area contributed by atoms with Gasteiger partial charge in [0.15, 0.2) is 0 Å². The molecule has 18 heavy (non-hydrogen) atoms. The van der Waals surface area contributed by atoms with Crippen LogP contribution in [0.1, 0.15) is 68.8 Å². The van der Waals surface area contributed by atoms with Crippen molar-refractivity contribution in [3.63, 3.8) is 0 Å². The van der Waals surface area contributed by atoms with Crippen LogP contribution in [-0.4, -0.2) is 27.6 Å². The van der Waals surface area contributed by atoms with E-state index in [-0.39, 0.29) is 11.7 Å². The van der Waals surface area contributed by atoms with Crippen molar-refractivity contribution in [2.45, 2.75) is 58.8 Å². The van der Waals surface area contributed by atoms with Crippen molar-refractivity contribution in [3.05, 3.63) is 11.6 Å². The van der Waals surface area contributed by atoms with Gasteiger partial charge in [0.05, 0.1) is 0 Å². The van der Waals surface area contributed by atoms with Crippen LogP contribution in [0.15, 0.2) is 0 Å². The fourth-order valence-corrected chi connectivity index (χ4v) is 1.74. The van der Waals surface area contributed by atoms with Crippen molar-refractivity contribution in [2.24, 2.45) is 0 Å². The van der Waals surface area contributed by atoms with Gasteiger partial charge in [-0.1, -0.05) is 46.0 Å². The molecule has 0 aromatic carbocycles. The highest BCUT2D eigenvalue weighted by molar-refractivity contribution is 5.90. The molecular formula is C13H24N4O. The lowest BCUT2D eigenvalue weighted by Crippen LogP contribution is -2.25. The molecule has 0 saturated carbocycles. The highest BCUT2D eigenvalue weighted by Crippen LogP contribution is 2.04. The largest absolute Gasteiger partial charge is 0.349 e. The molecule has 5 heteroatoms. The Bertz CT molecular complexity index is 349. The zero-order valence-corrected chi connectivity index (χ0v) is 11.5. The van der Waals surface area contributed by atoms with E-state index in [1.165, 1.54) is 32.1 Å². The molecule has 2 N–H and O–H groups in total. The Labute approximate surface area is 109 Å². The van der Waals surface area contributed by atoms with E-state index >= 15 is 0 Å². The number of carbonyl (C=O) groups excluding carboxylic acids is 1. The number of aromatic amines is 1. The molecule has 0 atom stereocenters.